The average Bonchev–Trinajstić information content (AvgIpc) is 3.58. The lowest BCUT2D eigenvalue weighted by molar-refractivity contribution is -0.129. The minimum atomic E-state index is -1.52. The van der Waals surface area contributed by atoms with Crippen molar-refractivity contribution in [3.8, 4) is 16.8 Å². The number of carbonyl (C=O) groups excluding carboxylic acids is 1. The summed E-state index contributed by atoms with van der Waals surface area (Å²) in [6.07, 6.45) is 2.48. The van der Waals surface area contributed by atoms with Gasteiger partial charge in [0.05, 0.1) is 50.5 Å². The van der Waals surface area contributed by atoms with Gasteiger partial charge in [-0.15, -0.1) is 4.80 Å². The molecular weight excluding hydrogens is 546 g/mol. The molecule has 1 atom stereocenters. The number of carbonyl (C=O) groups is 1. The van der Waals surface area contributed by atoms with Gasteiger partial charge >= 0.3 is 5.69 Å². The Kier molecular flexibility index (Phi) is 8.74. The summed E-state index contributed by atoms with van der Waals surface area (Å²) in [5.41, 5.74) is -1.53. The molecule has 0 aliphatic carbocycles. The van der Waals surface area contributed by atoms with Crippen LogP contribution in [0.15, 0.2) is 46.2 Å². The van der Waals surface area contributed by atoms with Gasteiger partial charge in [0.25, 0.3) is 5.56 Å². The van der Waals surface area contributed by atoms with Crippen molar-refractivity contribution < 1.29 is 14.3 Å². The number of benzene rings is 1. The number of ether oxygens (including phenoxy) is 2. The lowest BCUT2D eigenvalue weighted by atomic mass is 10.0. The van der Waals surface area contributed by atoms with E-state index in [2.05, 4.69) is 21.6 Å². The molecular formula is C28H33N7O5S. The molecule has 0 saturated carbocycles. The van der Waals surface area contributed by atoms with Crippen LogP contribution >= 0.6 is 11.3 Å². The normalized spacial score (nSPS) is 12.4. The number of amides is 1. The van der Waals surface area contributed by atoms with Gasteiger partial charge in [0.1, 0.15) is 27.2 Å². The summed E-state index contributed by atoms with van der Waals surface area (Å²) in [6, 6.07) is 9.13. The Balaban J connectivity index is 2.01. The standard InChI is InChI=1S/C28H33N7O5S/c1-17(2)32-26(37)28(4,5)34-23(36)22-18(3)24(35-30-13-14-31-35)41-25(22)33(27(34)38)16-21(40-15-9-12-29)19-10-7-8-11-20(19)39-6/h7-8,10-11,13-14,17,21H,9,15-16H2,1-6H3,(H,32,37). The SMILES string of the molecule is COc1ccccc1C(Cn1c(=O)n(C(C)(C)C(=O)NC(C)C)c(=O)c2c(C)c(-n3nccn3)sc21)OCCC#N. The van der Waals surface area contributed by atoms with Crippen LogP contribution < -0.4 is 21.3 Å². The van der Waals surface area contributed by atoms with E-state index in [1.165, 1.54) is 40.2 Å². The Bertz CT molecular complexity index is 1710. The Morgan fingerprint density at radius 3 is 2.51 bits per heavy atom. The van der Waals surface area contributed by atoms with Gasteiger partial charge in [-0.1, -0.05) is 29.5 Å². The molecule has 3 aromatic heterocycles. The highest BCUT2D eigenvalue weighted by Crippen LogP contribution is 2.34. The first kappa shape index (κ1) is 29.7. The minimum Gasteiger partial charge on any atom is -0.496 e. The van der Waals surface area contributed by atoms with Crippen LogP contribution in [0.25, 0.3) is 15.2 Å². The van der Waals surface area contributed by atoms with Crippen molar-refractivity contribution in [2.45, 2.75) is 65.3 Å². The van der Waals surface area contributed by atoms with E-state index in [4.69, 9.17) is 14.7 Å². The number of methoxy groups -OCH3 is 1. The van der Waals surface area contributed by atoms with E-state index < -0.39 is 28.8 Å². The number of nitrogens with zero attached hydrogens (tertiary/aromatic N) is 6. The van der Waals surface area contributed by atoms with Crippen LogP contribution in [0.3, 0.4) is 0 Å². The van der Waals surface area contributed by atoms with Crippen LogP contribution in [-0.2, 0) is 21.6 Å². The summed E-state index contributed by atoms with van der Waals surface area (Å²) in [4.78, 5) is 43.4. The predicted molar refractivity (Wildman–Crippen MR) is 155 cm³/mol. The monoisotopic (exact) mass is 579 g/mol. The van der Waals surface area contributed by atoms with Crippen LogP contribution in [0.4, 0.5) is 0 Å². The van der Waals surface area contributed by atoms with Crippen LogP contribution in [0.2, 0.25) is 0 Å². The van der Waals surface area contributed by atoms with Gasteiger partial charge in [0.15, 0.2) is 0 Å². The fourth-order valence-electron chi connectivity index (χ4n) is 4.63. The molecule has 0 saturated heterocycles. The third-order valence-corrected chi connectivity index (χ3v) is 7.97. The largest absolute Gasteiger partial charge is 0.496 e. The topological polar surface area (TPSA) is 146 Å². The first-order chi connectivity index (χ1) is 19.5. The molecule has 4 aromatic rings. The number of para-hydroxylation sites is 1. The molecule has 0 bridgehead atoms. The molecule has 3 heterocycles. The molecule has 41 heavy (non-hydrogen) atoms. The Labute approximate surface area is 240 Å². The molecule has 12 nitrogen and oxygen atoms in total. The number of hydrogen-bond donors (Lipinski definition) is 1. The summed E-state index contributed by atoms with van der Waals surface area (Å²) in [7, 11) is 1.54. The lowest BCUT2D eigenvalue weighted by Crippen LogP contribution is -2.56. The molecule has 0 fully saturated rings. The second-order valence-corrected chi connectivity index (χ2v) is 11.2. The number of rotatable bonds is 11. The number of fused-ring (bicyclic) bond motifs is 1. The summed E-state index contributed by atoms with van der Waals surface area (Å²) in [5, 5.41) is 21.2. The smallest absolute Gasteiger partial charge is 0.333 e. The molecule has 0 spiro atoms. The molecule has 0 aliphatic rings. The number of thiophene rings is 1. The van der Waals surface area contributed by atoms with Crippen LogP contribution in [-0.4, -0.2) is 49.8 Å². The van der Waals surface area contributed by atoms with Crippen LogP contribution in [0.5, 0.6) is 5.75 Å². The third-order valence-electron chi connectivity index (χ3n) is 6.69. The first-order valence-corrected chi connectivity index (χ1v) is 13.9. The van der Waals surface area contributed by atoms with Crippen LogP contribution in [0, 0.1) is 18.3 Å². The number of aromatic nitrogens is 5. The van der Waals surface area contributed by atoms with E-state index in [1.54, 1.807) is 40.7 Å². The zero-order chi connectivity index (χ0) is 29.9. The quantitative estimate of drug-likeness (QED) is 0.267. The van der Waals surface area contributed by atoms with Crippen molar-refractivity contribution >= 4 is 27.5 Å². The summed E-state index contributed by atoms with van der Waals surface area (Å²) in [5.74, 6) is 0.0819. The Morgan fingerprint density at radius 2 is 1.88 bits per heavy atom. The van der Waals surface area contributed by atoms with Gasteiger partial charge in [-0.2, -0.15) is 15.5 Å². The number of nitrogens with one attached hydrogen (secondary N) is 1. The highest BCUT2D eigenvalue weighted by molar-refractivity contribution is 7.21. The molecule has 216 valence electrons. The lowest BCUT2D eigenvalue weighted by Gasteiger charge is -2.28. The highest BCUT2D eigenvalue weighted by Gasteiger charge is 2.36. The zero-order valence-corrected chi connectivity index (χ0v) is 24.7. The first-order valence-electron chi connectivity index (χ1n) is 13.1. The third kappa shape index (κ3) is 5.66. The molecule has 1 unspecified atom stereocenters. The van der Waals surface area contributed by atoms with E-state index in [-0.39, 0.29) is 31.0 Å². The van der Waals surface area contributed by atoms with Gasteiger partial charge in [0, 0.05) is 17.2 Å². The van der Waals surface area contributed by atoms with Gasteiger partial charge in [-0.25, -0.2) is 9.36 Å². The zero-order valence-electron chi connectivity index (χ0n) is 23.9. The molecule has 0 radical (unpaired) electrons. The maximum Gasteiger partial charge on any atom is 0.333 e. The van der Waals surface area contributed by atoms with E-state index in [0.717, 1.165) is 4.57 Å². The summed E-state index contributed by atoms with van der Waals surface area (Å²) < 4.78 is 14.2. The van der Waals surface area contributed by atoms with Crippen molar-refractivity contribution in [3.05, 3.63) is 68.6 Å². The Morgan fingerprint density at radius 1 is 1.20 bits per heavy atom. The molecule has 4 rings (SSSR count). The molecule has 1 N–H and O–H groups in total. The fourth-order valence-corrected chi connectivity index (χ4v) is 5.85. The van der Waals surface area contributed by atoms with Crippen molar-refractivity contribution in [2.75, 3.05) is 13.7 Å². The summed E-state index contributed by atoms with van der Waals surface area (Å²) in [6.45, 7) is 8.56. The maximum absolute atomic E-state index is 14.3. The molecule has 13 heteroatoms. The van der Waals surface area contributed by atoms with Gasteiger partial charge in [-0.3, -0.25) is 14.2 Å². The summed E-state index contributed by atoms with van der Waals surface area (Å²) >= 11 is 1.20. The van der Waals surface area contributed by atoms with Gasteiger partial charge in [-0.05, 0) is 40.7 Å². The predicted octanol–water partition coefficient (Wildman–Crippen LogP) is 3.05. The average molecular weight is 580 g/mol. The van der Waals surface area contributed by atoms with Crippen molar-refractivity contribution in [1.29, 1.82) is 5.26 Å². The second-order valence-electron chi connectivity index (χ2n) is 10.3. The van der Waals surface area contributed by atoms with Crippen molar-refractivity contribution in [2.24, 2.45) is 0 Å². The molecule has 1 aromatic carbocycles. The number of hydrogen-bond acceptors (Lipinski definition) is 9. The van der Waals surface area contributed by atoms with Crippen molar-refractivity contribution in [1.82, 2.24) is 29.4 Å². The van der Waals surface area contributed by atoms with Crippen LogP contribution in [0.1, 0.15) is 51.3 Å². The molecule has 0 aliphatic heterocycles. The maximum atomic E-state index is 14.3. The van der Waals surface area contributed by atoms with Crippen molar-refractivity contribution in [3.63, 3.8) is 0 Å². The van der Waals surface area contributed by atoms with E-state index >= 15 is 0 Å². The Hall–Kier alpha value is -4.28. The fraction of sp³-hybridized carbons (Fsp3) is 0.429. The number of nitriles is 1. The minimum absolute atomic E-state index is 0.0186. The van der Waals surface area contributed by atoms with E-state index in [0.29, 0.717) is 26.7 Å². The van der Waals surface area contributed by atoms with E-state index in [1.807, 2.05) is 18.2 Å². The van der Waals surface area contributed by atoms with Gasteiger partial charge in [0.2, 0.25) is 5.91 Å². The van der Waals surface area contributed by atoms with E-state index in [9.17, 15) is 14.4 Å². The molecule has 1 amide bonds. The second kappa shape index (κ2) is 12.1. The van der Waals surface area contributed by atoms with Gasteiger partial charge < -0.3 is 14.8 Å². The number of aryl methyl sites for hydroxylation is 1. The highest BCUT2D eigenvalue weighted by atomic mass is 32.1.